The van der Waals surface area contributed by atoms with Gasteiger partial charge in [0.25, 0.3) is 5.91 Å². The summed E-state index contributed by atoms with van der Waals surface area (Å²) in [7, 11) is 1.84. The molecule has 7 heteroatoms. The Bertz CT molecular complexity index is 842. The average molecular weight is 356 g/mol. The number of furan rings is 1. The van der Waals surface area contributed by atoms with Gasteiger partial charge in [0.2, 0.25) is 0 Å². The highest BCUT2D eigenvalue weighted by molar-refractivity contribution is 5.97. The van der Waals surface area contributed by atoms with E-state index in [0.717, 1.165) is 29.4 Å². The molecule has 0 aromatic carbocycles. The third kappa shape index (κ3) is 3.88. The molecule has 1 amide bonds. The van der Waals surface area contributed by atoms with Crippen molar-refractivity contribution in [3.8, 4) is 5.82 Å². The average Bonchev–Trinajstić information content (AvgIpc) is 3.33. The number of aryl methyl sites for hydroxylation is 3. The van der Waals surface area contributed by atoms with Gasteiger partial charge in [-0.05, 0) is 44.5 Å². The van der Waals surface area contributed by atoms with Gasteiger partial charge >= 0.3 is 0 Å². The van der Waals surface area contributed by atoms with E-state index in [9.17, 15) is 4.79 Å². The smallest absolute Gasteiger partial charge is 0.256 e. The molecule has 0 spiro atoms. The summed E-state index contributed by atoms with van der Waals surface area (Å²) in [6.45, 7) is 5.56. The van der Waals surface area contributed by atoms with Gasteiger partial charge in [-0.3, -0.25) is 9.48 Å². The van der Waals surface area contributed by atoms with Crippen LogP contribution in [0.1, 0.15) is 33.9 Å². The lowest BCUT2D eigenvalue weighted by Gasteiger charge is -2.12. The van der Waals surface area contributed by atoms with Crippen LogP contribution in [0, 0.1) is 13.8 Å². The van der Waals surface area contributed by atoms with E-state index in [1.807, 2.05) is 49.7 Å². The van der Waals surface area contributed by atoms with Crippen molar-refractivity contribution in [1.82, 2.24) is 19.7 Å². The highest BCUT2D eigenvalue weighted by Gasteiger charge is 2.19. The van der Waals surface area contributed by atoms with Crippen LogP contribution in [0.25, 0.3) is 5.82 Å². The molecule has 3 heterocycles. The monoisotopic (exact) mass is 356 g/mol. The molecule has 0 saturated heterocycles. The molecule has 3 aromatic heterocycles. The quantitative estimate of drug-likeness (QED) is 0.630. The van der Waals surface area contributed by atoms with Gasteiger partial charge in [-0.2, -0.15) is 5.10 Å². The number of nitrogens with zero attached hydrogens (tertiary/aromatic N) is 3. The highest BCUT2D eigenvalue weighted by atomic mass is 16.5. The molecular formula is C19H24N4O3. The van der Waals surface area contributed by atoms with Crippen LogP contribution in [0.5, 0.6) is 0 Å². The molecule has 0 bridgehead atoms. The van der Waals surface area contributed by atoms with Gasteiger partial charge in [-0.1, -0.05) is 0 Å². The number of nitrogens with one attached hydrogen (secondary N) is 1. The molecule has 0 atom stereocenters. The van der Waals surface area contributed by atoms with Crippen LogP contribution < -0.4 is 5.32 Å². The van der Waals surface area contributed by atoms with E-state index in [2.05, 4.69) is 10.4 Å². The molecule has 3 rings (SSSR count). The standard InChI is InChI=1S/C19H24N4O3/c1-14-7-8-15(2)23(14)19-17(12-21-22(19)3)18(24)20-9-5-10-25-13-16-6-4-11-26-16/h4,6-8,11-12H,5,9-10,13H2,1-3H3,(H,20,24). The largest absolute Gasteiger partial charge is 0.467 e. The number of rotatable bonds is 8. The number of hydrogen-bond donors (Lipinski definition) is 1. The van der Waals surface area contributed by atoms with Crippen LogP contribution in [0.3, 0.4) is 0 Å². The molecule has 0 aliphatic carbocycles. The van der Waals surface area contributed by atoms with Crippen molar-refractivity contribution >= 4 is 5.91 Å². The first-order valence-electron chi connectivity index (χ1n) is 8.63. The Hall–Kier alpha value is -2.80. The van der Waals surface area contributed by atoms with Gasteiger partial charge in [0.1, 0.15) is 23.7 Å². The number of hydrogen-bond acceptors (Lipinski definition) is 4. The zero-order valence-electron chi connectivity index (χ0n) is 15.4. The maximum absolute atomic E-state index is 12.6. The van der Waals surface area contributed by atoms with Gasteiger partial charge in [0, 0.05) is 31.6 Å². The van der Waals surface area contributed by atoms with Gasteiger partial charge in [0.05, 0.1) is 12.5 Å². The number of carbonyl (C=O) groups excluding carboxylic acids is 1. The number of aromatic nitrogens is 3. The zero-order chi connectivity index (χ0) is 18.5. The first-order valence-corrected chi connectivity index (χ1v) is 8.63. The Balaban J connectivity index is 1.54. The van der Waals surface area contributed by atoms with Crippen LogP contribution >= 0.6 is 0 Å². The summed E-state index contributed by atoms with van der Waals surface area (Å²) >= 11 is 0. The first-order chi connectivity index (χ1) is 12.6. The molecule has 0 saturated carbocycles. The third-order valence-corrected chi connectivity index (χ3v) is 4.21. The summed E-state index contributed by atoms with van der Waals surface area (Å²) in [5.41, 5.74) is 2.68. The summed E-state index contributed by atoms with van der Waals surface area (Å²) in [5.74, 6) is 1.44. The van der Waals surface area contributed by atoms with Gasteiger partial charge in [-0.15, -0.1) is 0 Å². The number of carbonyl (C=O) groups is 1. The minimum atomic E-state index is -0.133. The fraction of sp³-hybridized carbons (Fsp3) is 0.368. The van der Waals surface area contributed by atoms with E-state index in [-0.39, 0.29) is 5.91 Å². The van der Waals surface area contributed by atoms with E-state index in [0.29, 0.717) is 25.3 Å². The van der Waals surface area contributed by atoms with Crippen molar-refractivity contribution in [2.45, 2.75) is 26.9 Å². The SMILES string of the molecule is Cc1ccc(C)n1-c1c(C(=O)NCCCOCc2ccco2)cnn1C. The lowest BCUT2D eigenvalue weighted by atomic mass is 10.3. The molecular weight excluding hydrogens is 332 g/mol. The molecule has 7 nitrogen and oxygen atoms in total. The molecule has 0 radical (unpaired) electrons. The van der Waals surface area contributed by atoms with Crippen molar-refractivity contribution in [2.24, 2.45) is 7.05 Å². The lowest BCUT2D eigenvalue weighted by Crippen LogP contribution is -2.26. The highest BCUT2D eigenvalue weighted by Crippen LogP contribution is 2.19. The van der Waals surface area contributed by atoms with Crippen molar-refractivity contribution < 1.29 is 13.9 Å². The van der Waals surface area contributed by atoms with Crippen LogP contribution in [0.4, 0.5) is 0 Å². The first kappa shape index (κ1) is 18.0. The van der Waals surface area contributed by atoms with Gasteiger partial charge < -0.3 is 19.0 Å². The van der Waals surface area contributed by atoms with Crippen LogP contribution in [-0.2, 0) is 18.4 Å². The molecule has 0 fully saturated rings. The predicted molar refractivity (Wildman–Crippen MR) is 97.3 cm³/mol. The normalized spacial score (nSPS) is 11.0. The van der Waals surface area contributed by atoms with Gasteiger partial charge in [-0.25, -0.2) is 0 Å². The molecule has 0 aliphatic rings. The fourth-order valence-electron chi connectivity index (χ4n) is 2.90. The van der Waals surface area contributed by atoms with E-state index in [1.54, 1.807) is 17.1 Å². The Morgan fingerprint density at radius 1 is 1.27 bits per heavy atom. The van der Waals surface area contributed by atoms with Gasteiger partial charge in [0.15, 0.2) is 0 Å². The molecule has 0 unspecified atom stereocenters. The maximum Gasteiger partial charge on any atom is 0.256 e. The van der Waals surface area contributed by atoms with Crippen LogP contribution in [0.2, 0.25) is 0 Å². The Morgan fingerprint density at radius 3 is 2.73 bits per heavy atom. The van der Waals surface area contributed by atoms with E-state index in [1.165, 1.54) is 0 Å². The summed E-state index contributed by atoms with van der Waals surface area (Å²) in [6, 6.07) is 7.76. The number of amides is 1. The van der Waals surface area contributed by atoms with E-state index in [4.69, 9.17) is 9.15 Å². The Morgan fingerprint density at radius 2 is 2.04 bits per heavy atom. The van der Waals surface area contributed by atoms with Crippen LogP contribution in [-0.4, -0.2) is 33.4 Å². The molecule has 26 heavy (non-hydrogen) atoms. The molecule has 0 aliphatic heterocycles. The van der Waals surface area contributed by atoms with Crippen molar-refractivity contribution in [3.05, 3.63) is 59.4 Å². The second kappa shape index (κ2) is 8.05. The van der Waals surface area contributed by atoms with Crippen LogP contribution in [0.15, 0.2) is 41.1 Å². The maximum atomic E-state index is 12.6. The Labute approximate surface area is 152 Å². The second-order valence-electron chi connectivity index (χ2n) is 6.20. The lowest BCUT2D eigenvalue weighted by molar-refractivity contribution is 0.0917. The summed E-state index contributed by atoms with van der Waals surface area (Å²) in [5, 5.41) is 7.20. The topological polar surface area (TPSA) is 74.2 Å². The number of ether oxygens (including phenoxy) is 1. The Kier molecular flexibility index (Phi) is 5.58. The van der Waals surface area contributed by atoms with Crippen molar-refractivity contribution in [3.63, 3.8) is 0 Å². The third-order valence-electron chi connectivity index (χ3n) is 4.21. The minimum Gasteiger partial charge on any atom is -0.467 e. The second-order valence-corrected chi connectivity index (χ2v) is 6.20. The summed E-state index contributed by atoms with van der Waals surface area (Å²) < 4.78 is 14.5. The molecule has 138 valence electrons. The van der Waals surface area contributed by atoms with E-state index >= 15 is 0 Å². The van der Waals surface area contributed by atoms with E-state index < -0.39 is 0 Å². The molecule has 3 aromatic rings. The van der Waals surface area contributed by atoms with Crippen molar-refractivity contribution in [2.75, 3.05) is 13.2 Å². The van der Waals surface area contributed by atoms with Crippen molar-refractivity contribution in [1.29, 1.82) is 0 Å². The molecule has 1 N–H and O–H groups in total. The summed E-state index contributed by atoms with van der Waals surface area (Å²) in [6.07, 6.45) is 3.96. The minimum absolute atomic E-state index is 0.133. The summed E-state index contributed by atoms with van der Waals surface area (Å²) in [4.78, 5) is 12.6. The fourth-order valence-corrected chi connectivity index (χ4v) is 2.90. The predicted octanol–water partition coefficient (Wildman–Crippen LogP) is 2.76. The zero-order valence-corrected chi connectivity index (χ0v) is 15.4.